The number of ether oxygens (including phenoxy) is 2. The molecule has 5 rings (SSSR count). The third-order valence-corrected chi connectivity index (χ3v) is 16.0. The molecule has 4 aliphatic carbocycles. The lowest BCUT2D eigenvalue weighted by atomic mass is 9.44. The standard InChI is InChI=1S/C37H52ClNO8S2/c1-7-35(5)20-30(36(6)22(3)15-17-37(23(4)33(35)42)18-16-28(40)32(36)37)47-31(41)21-48-29-14-9-24(34(43)46-8-2)19-27(29)39-49(44,45)26-12-10-25(38)11-13-26/h7,10-13,22-24,27,29-30,32-33,39,42H,1,8-9,14-21H2,2-6H3/t22-,23+,24+,27-,29-,30-,32+,33+,35-,36+,37+/m1/s1. The summed E-state index contributed by atoms with van der Waals surface area (Å²) in [5, 5.41) is 11.9. The van der Waals surface area contributed by atoms with Gasteiger partial charge >= 0.3 is 11.9 Å². The van der Waals surface area contributed by atoms with Crippen molar-refractivity contribution in [1.82, 2.24) is 4.72 Å². The summed E-state index contributed by atoms with van der Waals surface area (Å²) >= 11 is 7.30. The quantitative estimate of drug-likeness (QED) is 0.208. The van der Waals surface area contributed by atoms with E-state index in [4.69, 9.17) is 21.1 Å². The molecule has 0 aliphatic heterocycles. The molecule has 0 spiro atoms. The Bertz CT molecular complexity index is 1540. The van der Waals surface area contributed by atoms with E-state index in [0.29, 0.717) is 30.7 Å². The minimum Gasteiger partial charge on any atom is -0.466 e. The zero-order valence-electron chi connectivity index (χ0n) is 29.3. The second-order valence-electron chi connectivity index (χ2n) is 15.4. The van der Waals surface area contributed by atoms with Gasteiger partial charge in [-0.1, -0.05) is 45.4 Å². The van der Waals surface area contributed by atoms with E-state index in [1.165, 1.54) is 36.0 Å². The smallest absolute Gasteiger partial charge is 0.316 e. The highest BCUT2D eigenvalue weighted by atomic mass is 35.5. The van der Waals surface area contributed by atoms with E-state index in [1.54, 1.807) is 13.0 Å². The van der Waals surface area contributed by atoms with Gasteiger partial charge in [0.15, 0.2) is 0 Å². The number of nitrogens with one attached hydrogen (secondary N) is 1. The lowest BCUT2D eigenvalue weighted by molar-refractivity contribution is -0.205. The van der Waals surface area contributed by atoms with Crippen LogP contribution < -0.4 is 4.72 Å². The van der Waals surface area contributed by atoms with Gasteiger partial charge in [-0.05, 0) is 93.4 Å². The second-order valence-corrected chi connectivity index (χ2v) is 18.7. The third kappa shape index (κ3) is 7.13. The van der Waals surface area contributed by atoms with Crippen molar-refractivity contribution < 1.29 is 37.4 Å². The maximum Gasteiger partial charge on any atom is 0.316 e. The fourth-order valence-electron chi connectivity index (χ4n) is 9.69. The Morgan fingerprint density at radius 2 is 1.84 bits per heavy atom. The van der Waals surface area contributed by atoms with Crippen LogP contribution in [-0.4, -0.2) is 67.1 Å². The summed E-state index contributed by atoms with van der Waals surface area (Å²) in [6.45, 7) is 14.3. The normalized spacial score (nSPS) is 39.3. The number of thioether (sulfide) groups is 1. The number of Topliss-reactive ketones (excluding diaryl/α,β-unsaturated/α-hetero) is 1. The minimum absolute atomic E-state index is 0.0393. The summed E-state index contributed by atoms with van der Waals surface area (Å²) in [5.41, 5.74) is -1.73. The summed E-state index contributed by atoms with van der Waals surface area (Å²) < 4.78 is 41.3. The molecule has 0 heterocycles. The van der Waals surface area contributed by atoms with Gasteiger partial charge in [0.1, 0.15) is 11.9 Å². The number of sulfonamides is 1. The predicted octanol–water partition coefficient (Wildman–Crippen LogP) is 6.36. The summed E-state index contributed by atoms with van der Waals surface area (Å²) in [6, 6.07) is 5.22. The Kier molecular flexibility index (Phi) is 11.4. The Hall–Kier alpha value is -1.92. The number of aliphatic hydroxyl groups excluding tert-OH is 1. The molecule has 4 saturated carbocycles. The number of esters is 2. The molecule has 2 N–H and O–H groups in total. The van der Waals surface area contributed by atoms with Crippen LogP contribution in [0.1, 0.15) is 86.0 Å². The monoisotopic (exact) mass is 737 g/mol. The van der Waals surface area contributed by atoms with Crippen molar-refractivity contribution in [3.8, 4) is 0 Å². The molecule has 4 fully saturated rings. The average molecular weight is 738 g/mol. The third-order valence-electron chi connectivity index (χ3n) is 12.8. The van der Waals surface area contributed by atoms with Gasteiger partial charge in [-0.25, -0.2) is 13.1 Å². The van der Waals surface area contributed by atoms with E-state index in [1.807, 2.05) is 6.92 Å². The number of hydrogen-bond donors (Lipinski definition) is 2. The van der Waals surface area contributed by atoms with Crippen LogP contribution in [0.3, 0.4) is 0 Å². The van der Waals surface area contributed by atoms with Crippen molar-refractivity contribution in [2.24, 2.45) is 39.9 Å². The highest BCUT2D eigenvalue weighted by molar-refractivity contribution is 8.00. The maximum atomic E-state index is 13.8. The first-order valence-corrected chi connectivity index (χ1v) is 20.5. The Morgan fingerprint density at radius 1 is 1.14 bits per heavy atom. The number of carbonyl (C=O) groups is 3. The molecular weight excluding hydrogens is 686 g/mol. The van der Waals surface area contributed by atoms with E-state index >= 15 is 0 Å². The first-order valence-electron chi connectivity index (χ1n) is 17.6. The molecule has 272 valence electrons. The van der Waals surface area contributed by atoms with Crippen molar-refractivity contribution >= 4 is 51.1 Å². The molecule has 4 aliphatic rings. The van der Waals surface area contributed by atoms with Crippen LogP contribution in [0.15, 0.2) is 41.8 Å². The lowest BCUT2D eigenvalue weighted by Gasteiger charge is -2.61. The van der Waals surface area contributed by atoms with Gasteiger partial charge in [0.2, 0.25) is 10.0 Å². The van der Waals surface area contributed by atoms with Crippen molar-refractivity contribution in [3.63, 3.8) is 0 Å². The molecule has 49 heavy (non-hydrogen) atoms. The zero-order chi connectivity index (χ0) is 35.9. The number of rotatable bonds is 10. The van der Waals surface area contributed by atoms with Gasteiger partial charge in [0.05, 0.1) is 29.3 Å². The Morgan fingerprint density at radius 3 is 2.49 bits per heavy atom. The van der Waals surface area contributed by atoms with Gasteiger partial charge in [-0.2, -0.15) is 0 Å². The molecule has 0 radical (unpaired) electrons. The Labute approximate surface area is 300 Å². The van der Waals surface area contributed by atoms with E-state index in [-0.39, 0.29) is 63.8 Å². The molecule has 0 unspecified atom stereocenters. The number of aliphatic hydroxyl groups is 1. The summed E-state index contributed by atoms with van der Waals surface area (Å²) in [6.07, 6.45) is 4.88. The van der Waals surface area contributed by atoms with E-state index in [9.17, 15) is 27.9 Å². The van der Waals surface area contributed by atoms with Crippen molar-refractivity contribution in [3.05, 3.63) is 41.9 Å². The minimum atomic E-state index is -3.96. The number of carbonyl (C=O) groups excluding carboxylic acids is 3. The molecule has 0 amide bonds. The fraction of sp³-hybridized carbons (Fsp3) is 0.703. The average Bonchev–Trinajstić information content (AvgIpc) is 3.42. The summed E-state index contributed by atoms with van der Waals surface area (Å²) in [5.74, 6) is -1.46. The molecule has 1 aromatic rings. The molecule has 9 nitrogen and oxygen atoms in total. The van der Waals surface area contributed by atoms with Crippen molar-refractivity contribution in [2.45, 2.75) is 114 Å². The van der Waals surface area contributed by atoms with Gasteiger partial charge in [-0.15, -0.1) is 18.3 Å². The van der Waals surface area contributed by atoms with Crippen LogP contribution >= 0.6 is 23.4 Å². The van der Waals surface area contributed by atoms with E-state index in [2.05, 4.69) is 32.1 Å². The maximum absolute atomic E-state index is 13.8. The molecule has 12 heteroatoms. The molecule has 2 bridgehead atoms. The van der Waals surface area contributed by atoms with E-state index in [0.717, 1.165) is 19.3 Å². The van der Waals surface area contributed by atoms with Crippen molar-refractivity contribution in [2.75, 3.05) is 12.4 Å². The van der Waals surface area contributed by atoms with E-state index < -0.39 is 51.0 Å². The SMILES string of the molecule is C=C[C@]1(C)C[C@@H](OC(=O)CS[C@@H]2CC[C@H](C(=O)OCC)C[C@H]2NS(=O)(=O)c2ccc(Cl)cc2)[C@]2(C)[C@H](C)CC[C@]3(CCC(=O)[C@H]32)[C@@H](C)[C@@H]1O. The summed E-state index contributed by atoms with van der Waals surface area (Å²) in [4.78, 5) is 40.3. The van der Waals surface area contributed by atoms with Gasteiger partial charge < -0.3 is 14.6 Å². The van der Waals surface area contributed by atoms with Crippen LogP contribution in [0.4, 0.5) is 0 Å². The lowest BCUT2D eigenvalue weighted by Crippen LogP contribution is -2.63. The van der Waals surface area contributed by atoms with Gasteiger partial charge in [0.25, 0.3) is 0 Å². The predicted molar refractivity (Wildman–Crippen MR) is 190 cm³/mol. The number of ketones is 1. The molecule has 0 aromatic heterocycles. The number of hydrogen-bond acceptors (Lipinski definition) is 9. The van der Waals surface area contributed by atoms with Gasteiger partial charge in [-0.3, -0.25) is 14.4 Å². The fourth-order valence-corrected chi connectivity index (χ4v) is 12.3. The van der Waals surface area contributed by atoms with Crippen LogP contribution in [0.2, 0.25) is 5.02 Å². The van der Waals surface area contributed by atoms with Crippen LogP contribution in [0, 0.1) is 39.9 Å². The second kappa shape index (κ2) is 14.6. The highest BCUT2D eigenvalue weighted by Gasteiger charge is 2.68. The van der Waals surface area contributed by atoms with Crippen LogP contribution in [0.25, 0.3) is 0 Å². The number of halogens is 1. The molecular formula is C37H52ClNO8S2. The highest BCUT2D eigenvalue weighted by Crippen LogP contribution is 2.68. The topological polar surface area (TPSA) is 136 Å². The first-order chi connectivity index (χ1) is 23.0. The van der Waals surface area contributed by atoms with Gasteiger partial charge in [0, 0.05) is 39.5 Å². The molecule has 0 saturated heterocycles. The molecule has 11 atom stereocenters. The Balaban J connectivity index is 1.37. The van der Waals surface area contributed by atoms with Crippen molar-refractivity contribution in [1.29, 1.82) is 0 Å². The van der Waals surface area contributed by atoms with Crippen LogP contribution in [0.5, 0.6) is 0 Å². The summed E-state index contributed by atoms with van der Waals surface area (Å²) in [7, 11) is -3.96. The van der Waals surface area contributed by atoms with Crippen LogP contribution in [-0.2, 0) is 33.9 Å². The largest absolute Gasteiger partial charge is 0.466 e. The zero-order valence-corrected chi connectivity index (χ0v) is 31.7. The number of benzene rings is 1. The first kappa shape index (κ1) is 38.3. The molecule has 1 aromatic carbocycles.